The van der Waals surface area contributed by atoms with Gasteiger partial charge in [0.15, 0.2) is 0 Å². The van der Waals surface area contributed by atoms with Crippen molar-refractivity contribution in [1.82, 2.24) is 9.71 Å². The molecule has 15 heavy (non-hydrogen) atoms. The Morgan fingerprint density at radius 1 is 1.40 bits per heavy atom. The summed E-state index contributed by atoms with van der Waals surface area (Å²) >= 11 is 0. The fourth-order valence-electron chi connectivity index (χ4n) is 1.38. The number of esters is 1. The van der Waals surface area contributed by atoms with Gasteiger partial charge in [-0.15, -0.1) is 0 Å². The van der Waals surface area contributed by atoms with Gasteiger partial charge in [-0.25, -0.2) is 9.78 Å². The predicted octanol–water partition coefficient (Wildman–Crippen LogP) is 0.881. The summed E-state index contributed by atoms with van der Waals surface area (Å²) in [6.45, 7) is 0. The molecule has 0 saturated heterocycles. The molecule has 0 N–H and O–H groups in total. The van der Waals surface area contributed by atoms with Crippen molar-refractivity contribution < 1.29 is 14.4 Å². The molecule has 5 heteroatoms. The number of imidazole rings is 1. The lowest BCUT2D eigenvalue weighted by atomic mass is 10.2. The Balaban J connectivity index is 2.57. The summed E-state index contributed by atoms with van der Waals surface area (Å²) < 4.78 is 6.11. The summed E-state index contributed by atoms with van der Waals surface area (Å²) in [5.41, 5.74) is 1.98. The van der Waals surface area contributed by atoms with Crippen LogP contribution in [0.4, 0.5) is 0 Å². The zero-order chi connectivity index (χ0) is 10.8. The first-order valence-electron chi connectivity index (χ1n) is 4.36. The third kappa shape index (κ3) is 1.52. The van der Waals surface area contributed by atoms with Crippen LogP contribution in [0.3, 0.4) is 0 Å². The first-order valence-corrected chi connectivity index (χ1v) is 4.36. The molecule has 0 bridgehead atoms. The van der Waals surface area contributed by atoms with Crippen molar-refractivity contribution in [2.24, 2.45) is 0 Å². The van der Waals surface area contributed by atoms with E-state index in [4.69, 9.17) is 4.84 Å². The smallest absolute Gasteiger partial charge is 0.337 e. The normalized spacial score (nSPS) is 10.3. The molecule has 0 amide bonds. The van der Waals surface area contributed by atoms with E-state index in [9.17, 15) is 4.79 Å². The summed E-state index contributed by atoms with van der Waals surface area (Å²) in [6.07, 6.45) is 1.55. The molecular weight excluding hydrogens is 196 g/mol. The highest BCUT2D eigenvalue weighted by Gasteiger charge is 2.09. The third-order valence-corrected chi connectivity index (χ3v) is 2.13. The van der Waals surface area contributed by atoms with E-state index in [1.165, 1.54) is 19.0 Å². The van der Waals surface area contributed by atoms with Crippen LogP contribution in [0.15, 0.2) is 24.5 Å². The Hall–Kier alpha value is -2.04. The van der Waals surface area contributed by atoms with Crippen LogP contribution in [0.5, 0.6) is 0 Å². The minimum atomic E-state index is -0.374. The maximum Gasteiger partial charge on any atom is 0.337 e. The maximum absolute atomic E-state index is 11.3. The molecule has 5 nitrogen and oxygen atoms in total. The fraction of sp³-hybridized carbons (Fsp3) is 0.200. The van der Waals surface area contributed by atoms with Crippen molar-refractivity contribution in [3.8, 4) is 0 Å². The first-order chi connectivity index (χ1) is 7.26. The number of nitrogens with zero attached hydrogens (tertiary/aromatic N) is 2. The molecule has 2 rings (SSSR count). The molecule has 0 aliphatic heterocycles. The number of methoxy groups -OCH3 is 1. The number of ether oxygens (including phenoxy) is 1. The highest BCUT2D eigenvalue weighted by Crippen LogP contribution is 2.14. The maximum atomic E-state index is 11.3. The van der Waals surface area contributed by atoms with Gasteiger partial charge < -0.3 is 9.57 Å². The van der Waals surface area contributed by atoms with Crippen LogP contribution >= 0.6 is 0 Å². The van der Waals surface area contributed by atoms with E-state index in [0.717, 1.165) is 11.0 Å². The molecule has 1 heterocycles. The van der Waals surface area contributed by atoms with E-state index in [-0.39, 0.29) is 5.97 Å². The van der Waals surface area contributed by atoms with Crippen LogP contribution in [-0.2, 0) is 4.74 Å². The zero-order valence-electron chi connectivity index (χ0n) is 8.43. The third-order valence-electron chi connectivity index (χ3n) is 2.13. The van der Waals surface area contributed by atoms with Gasteiger partial charge >= 0.3 is 5.97 Å². The summed E-state index contributed by atoms with van der Waals surface area (Å²) in [5, 5.41) is 0. The Morgan fingerprint density at radius 2 is 2.20 bits per heavy atom. The van der Waals surface area contributed by atoms with Crippen molar-refractivity contribution in [3.05, 3.63) is 30.1 Å². The highest BCUT2D eigenvalue weighted by molar-refractivity contribution is 5.93. The lowest BCUT2D eigenvalue weighted by Crippen LogP contribution is -2.05. The van der Waals surface area contributed by atoms with Crippen LogP contribution in [0.2, 0.25) is 0 Å². The van der Waals surface area contributed by atoms with Crippen LogP contribution in [-0.4, -0.2) is 29.9 Å². The Labute approximate surface area is 86.2 Å². The van der Waals surface area contributed by atoms with Gasteiger partial charge in [-0.05, 0) is 18.2 Å². The number of carbonyl (C=O) groups excluding carboxylic acids is 1. The summed E-state index contributed by atoms with van der Waals surface area (Å²) in [7, 11) is 2.88. The monoisotopic (exact) mass is 206 g/mol. The standard InChI is InChI=1S/C10H10N2O3/c1-14-10(13)7-3-4-8-9(5-7)12(15-2)6-11-8/h3-6H,1-2H3. The second-order valence-electron chi connectivity index (χ2n) is 2.95. The number of benzene rings is 1. The van der Waals surface area contributed by atoms with Crippen molar-refractivity contribution in [2.75, 3.05) is 14.2 Å². The minimum Gasteiger partial charge on any atom is -0.465 e. The van der Waals surface area contributed by atoms with Gasteiger partial charge in [-0.1, -0.05) is 0 Å². The zero-order valence-corrected chi connectivity index (χ0v) is 8.43. The second kappa shape index (κ2) is 3.61. The lowest BCUT2D eigenvalue weighted by Gasteiger charge is -2.02. The Kier molecular flexibility index (Phi) is 2.29. The van der Waals surface area contributed by atoms with Crippen LogP contribution in [0.1, 0.15) is 10.4 Å². The summed E-state index contributed by atoms with van der Waals surface area (Å²) in [4.78, 5) is 20.4. The van der Waals surface area contributed by atoms with Gasteiger partial charge in [-0.3, -0.25) is 0 Å². The van der Waals surface area contributed by atoms with E-state index in [2.05, 4.69) is 9.72 Å². The molecule has 78 valence electrons. The van der Waals surface area contributed by atoms with Gasteiger partial charge in [0.1, 0.15) is 19.0 Å². The van der Waals surface area contributed by atoms with Crippen molar-refractivity contribution in [1.29, 1.82) is 0 Å². The number of aromatic nitrogens is 2. The van der Waals surface area contributed by atoms with Gasteiger partial charge in [0, 0.05) is 0 Å². The number of hydrogen-bond donors (Lipinski definition) is 0. The Bertz CT molecular complexity index is 504. The van der Waals surface area contributed by atoms with E-state index < -0.39 is 0 Å². The predicted molar refractivity (Wildman–Crippen MR) is 53.6 cm³/mol. The second-order valence-corrected chi connectivity index (χ2v) is 2.95. The number of hydrogen-bond acceptors (Lipinski definition) is 4. The van der Waals surface area contributed by atoms with Gasteiger partial charge in [-0.2, -0.15) is 4.73 Å². The average molecular weight is 206 g/mol. The van der Waals surface area contributed by atoms with Crippen molar-refractivity contribution in [2.45, 2.75) is 0 Å². The molecule has 0 aliphatic carbocycles. The average Bonchev–Trinajstić information content (AvgIpc) is 2.69. The largest absolute Gasteiger partial charge is 0.465 e. The van der Waals surface area contributed by atoms with E-state index >= 15 is 0 Å². The fourth-order valence-corrected chi connectivity index (χ4v) is 1.38. The molecule has 0 radical (unpaired) electrons. The van der Waals surface area contributed by atoms with Crippen LogP contribution < -0.4 is 4.84 Å². The number of rotatable bonds is 2. The number of carbonyl (C=O) groups is 1. The van der Waals surface area contributed by atoms with Gasteiger partial charge in [0.25, 0.3) is 0 Å². The van der Waals surface area contributed by atoms with Gasteiger partial charge in [0.2, 0.25) is 0 Å². The molecular formula is C10H10N2O3. The molecule has 0 atom stereocenters. The summed E-state index contributed by atoms with van der Waals surface area (Å²) in [6, 6.07) is 5.09. The van der Waals surface area contributed by atoms with Crippen LogP contribution in [0, 0.1) is 0 Å². The molecule has 1 aromatic heterocycles. The lowest BCUT2D eigenvalue weighted by molar-refractivity contribution is 0.0601. The Morgan fingerprint density at radius 3 is 2.87 bits per heavy atom. The molecule has 0 saturated carbocycles. The molecule has 1 aromatic carbocycles. The molecule has 0 spiro atoms. The molecule has 2 aromatic rings. The quantitative estimate of drug-likeness (QED) is 0.684. The molecule has 0 fully saturated rings. The molecule has 0 aliphatic rings. The molecule has 0 unspecified atom stereocenters. The van der Waals surface area contributed by atoms with E-state index in [1.54, 1.807) is 24.5 Å². The summed E-state index contributed by atoms with van der Waals surface area (Å²) in [5.74, 6) is -0.374. The minimum absolute atomic E-state index is 0.374. The SMILES string of the molecule is COC(=O)c1ccc2ncn(OC)c2c1. The van der Waals surface area contributed by atoms with Crippen molar-refractivity contribution >= 4 is 17.0 Å². The van der Waals surface area contributed by atoms with E-state index in [0.29, 0.717) is 5.56 Å². The highest BCUT2D eigenvalue weighted by atomic mass is 16.6. The first kappa shape index (κ1) is 9.51. The van der Waals surface area contributed by atoms with E-state index in [1.807, 2.05) is 0 Å². The number of fused-ring (bicyclic) bond motifs is 1. The van der Waals surface area contributed by atoms with Crippen molar-refractivity contribution in [3.63, 3.8) is 0 Å². The van der Waals surface area contributed by atoms with Gasteiger partial charge in [0.05, 0.1) is 18.2 Å². The van der Waals surface area contributed by atoms with Crippen LogP contribution in [0.25, 0.3) is 11.0 Å². The topological polar surface area (TPSA) is 53.3 Å².